The molecule has 0 bridgehead atoms. The molecule has 0 aromatic heterocycles. The molecule has 0 aliphatic carbocycles. The number of hydrogen-bond acceptors (Lipinski definition) is 2. The first kappa shape index (κ1) is 9.70. The van der Waals surface area contributed by atoms with Crippen LogP contribution >= 0.6 is 24.4 Å². The highest BCUT2D eigenvalue weighted by Crippen LogP contribution is 2.11. The first-order valence-electron chi connectivity index (χ1n) is 3.50. The molecule has 0 aromatic rings. The van der Waals surface area contributed by atoms with E-state index in [1.54, 1.807) is 0 Å². The smallest absolute Gasteiger partial charge is 0.000968 e. The van der Waals surface area contributed by atoms with Crippen molar-refractivity contribution in [3.8, 4) is 0 Å². The lowest BCUT2D eigenvalue weighted by Gasteiger charge is -2.01. The van der Waals surface area contributed by atoms with Crippen LogP contribution in [0.4, 0.5) is 0 Å². The average molecular weight is 164 g/mol. The largest absolute Gasteiger partial charge is 0.179 e. The van der Waals surface area contributed by atoms with E-state index in [1.807, 2.05) is 11.8 Å². The van der Waals surface area contributed by atoms with Crippen LogP contribution in [-0.2, 0) is 0 Å². The molecule has 0 saturated carbocycles. The predicted octanol–water partition coefficient (Wildman–Crippen LogP) is 2.84. The summed E-state index contributed by atoms with van der Waals surface area (Å²) in [5.41, 5.74) is 0. The van der Waals surface area contributed by atoms with E-state index in [4.69, 9.17) is 0 Å². The zero-order valence-electron chi connectivity index (χ0n) is 6.26. The first-order valence-corrected chi connectivity index (χ1v) is 5.18. The van der Waals surface area contributed by atoms with E-state index in [1.165, 1.54) is 18.6 Å². The summed E-state index contributed by atoms with van der Waals surface area (Å²) in [6.45, 7) is 4.48. The molecule has 0 amide bonds. The Morgan fingerprint density at radius 3 is 2.44 bits per heavy atom. The van der Waals surface area contributed by atoms with Gasteiger partial charge in [-0.05, 0) is 29.6 Å². The summed E-state index contributed by atoms with van der Waals surface area (Å²) in [5.74, 6) is 2.34. The minimum atomic E-state index is 0.796. The van der Waals surface area contributed by atoms with Crippen LogP contribution in [0, 0.1) is 0 Å². The van der Waals surface area contributed by atoms with Crippen LogP contribution in [0.25, 0.3) is 0 Å². The minimum absolute atomic E-state index is 0.796. The topological polar surface area (TPSA) is 0 Å². The van der Waals surface area contributed by atoms with Crippen LogP contribution in [0.5, 0.6) is 0 Å². The molecule has 0 N–H and O–H groups in total. The molecule has 2 heteroatoms. The fourth-order valence-electron chi connectivity index (χ4n) is 0.533. The Kier molecular flexibility index (Phi) is 7.34. The standard InChI is InChI=1S/C7H16S2/c1-7(2)9-6-4-3-5-8/h7-8H,3-6H2,1-2H3. The second-order valence-electron chi connectivity index (χ2n) is 2.35. The molecule has 0 spiro atoms. The maximum absolute atomic E-state index is 4.14. The van der Waals surface area contributed by atoms with Crippen molar-refractivity contribution in [1.82, 2.24) is 0 Å². The van der Waals surface area contributed by atoms with E-state index >= 15 is 0 Å². The quantitative estimate of drug-likeness (QED) is 0.481. The van der Waals surface area contributed by atoms with Gasteiger partial charge in [0.15, 0.2) is 0 Å². The van der Waals surface area contributed by atoms with Gasteiger partial charge in [-0.3, -0.25) is 0 Å². The maximum Gasteiger partial charge on any atom is -0.000968 e. The summed E-state index contributed by atoms with van der Waals surface area (Å²) in [7, 11) is 0. The molecule has 0 radical (unpaired) electrons. The van der Waals surface area contributed by atoms with E-state index in [0.717, 1.165) is 11.0 Å². The van der Waals surface area contributed by atoms with Gasteiger partial charge in [0.1, 0.15) is 0 Å². The van der Waals surface area contributed by atoms with E-state index in [9.17, 15) is 0 Å². The van der Waals surface area contributed by atoms with Gasteiger partial charge in [-0.1, -0.05) is 13.8 Å². The molecule has 56 valence electrons. The molecule has 0 rings (SSSR count). The Bertz CT molecular complexity index is 52.9. The predicted molar refractivity (Wildman–Crippen MR) is 50.7 cm³/mol. The Labute approximate surface area is 68.2 Å². The van der Waals surface area contributed by atoms with Gasteiger partial charge in [0.2, 0.25) is 0 Å². The highest BCUT2D eigenvalue weighted by atomic mass is 32.2. The SMILES string of the molecule is CC(C)SCCCCS. The molecule has 9 heavy (non-hydrogen) atoms. The van der Waals surface area contributed by atoms with Gasteiger partial charge in [0.25, 0.3) is 0 Å². The molecular weight excluding hydrogens is 148 g/mol. The molecule has 0 aliphatic heterocycles. The highest BCUT2D eigenvalue weighted by Gasteiger charge is 1.91. The lowest BCUT2D eigenvalue weighted by Crippen LogP contribution is -1.89. The van der Waals surface area contributed by atoms with Gasteiger partial charge in [0.05, 0.1) is 0 Å². The van der Waals surface area contributed by atoms with E-state index in [2.05, 4.69) is 26.5 Å². The third-order valence-electron chi connectivity index (χ3n) is 1.00. The Balaban J connectivity index is 2.75. The van der Waals surface area contributed by atoms with Crippen LogP contribution < -0.4 is 0 Å². The normalized spacial score (nSPS) is 10.7. The number of thioether (sulfide) groups is 1. The second kappa shape index (κ2) is 6.81. The third-order valence-corrected chi connectivity index (χ3v) is 2.51. The number of thiol groups is 1. The molecule has 0 atom stereocenters. The zero-order chi connectivity index (χ0) is 7.11. The number of hydrogen-bond donors (Lipinski definition) is 1. The van der Waals surface area contributed by atoms with Crippen molar-refractivity contribution in [2.45, 2.75) is 31.9 Å². The van der Waals surface area contributed by atoms with Gasteiger partial charge < -0.3 is 0 Å². The van der Waals surface area contributed by atoms with Gasteiger partial charge >= 0.3 is 0 Å². The van der Waals surface area contributed by atoms with Crippen LogP contribution in [0.15, 0.2) is 0 Å². The fraction of sp³-hybridized carbons (Fsp3) is 1.00. The summed E-state index contributed by atoms with van der Waals surface area (Å²) >= 11 is 6.17. The summed E-state index contributed by atoms with van der Waals surface area (Å²) in [4.78, 5) is 0. The van der Waals surface area contributed by atoms with E-state index < -0.39 is 0 Å². The van der Waals surface area contributed by atoms with Gasteiger partial charge in [0, 0.05) is 0 Å². The maximum atomic E-state index is 4.14. The van der Waals surface area contributed by atoms with Crippen molar-refractivity contribution in [2.24, 2.45) is 0 Å². The molecule has 0 heterocycles. The third kappa shape index (κ3) is 8.70. The summed E-state index contributed by atoms with van der Waals surface area (Å²) in [6, 6.07) is 0. The summed E-state index contributed by atoms with van der Waals surface area (Å²) in [6.07, 6.45) is 2.59. The van der Waals surface area contributed by atoms with Crippen molar-refractivity contribution >= 4 is 24.4 Å². The summed E-state index contributed by atoms with van der Waals surface area (Å²) < 4.78 is 0. The Morgan fingerprint density at radius 2 is 2.00 bits per heavy atom. The minimum Gasteiger partial charge on any atom is -0.179 e. The van der Waals surface area contributed by atoms with Crippen LogP contribution in [0.2, 0.25) is 0 Å². The lowest BCUT2D eigenvalue weighted by molar-refractivity contribution is 0.906. The molecule has 0 saturated heterocycles. The van der Waals surface area contributed by atoms with Crippen molar-refractivity contribution in [3.63, 3.8) is 0 Å². The van der Waals surface area contributed by atoms with Crippen LogP contribution in [0.1, 0.15) is 26.7 Å². The van der Waals surface area contributed by atoms with Gasteiger partial charge in [-0.2, -0.15) is 24.4 Å². The number of unbranched alkanes of at least 4 members (excludes halogenated alkanes) is 1. The van der Waals surface area contributed by atoms with Crippen molar-refractivity contribution in [2.75, 3.05) is 11.5 Å². The average Bonchev–Trinajstić information content (AvgIpc) is 1.80. The van der Waals surface area contributed by atoms with Crippen LogP contribution in [0.3, 0.4) is 0 Å². The highest BCUT2D eigenvalue weighted by molar-refractivity contribution is 7.99. The van der Waals surface area contributed by atoms with E-state index in [0.29, 0.717) is 0 Å². The van der Waals surface area contributed by atoms with Gasteiger partial charge in [-0.15, -0.1) is 0 Å². The Morgan fingerprint density at radius 1 is 1.33 bits per heavy atom. The molecule has 0 aromatic carbocycles. The van der Waals surface area contributed by atoms with E-state index in [-0.39, 0.29) is 0 Å². The summed E-state index contributed by atoms with van der Waals surface area (Å²) in [5, 5.41) is 0.796. The Hall–Kier alpha value is 0.700. The second-order valence-corrected chi connectivity index (χ2v) is 4.48. The zero-order valence-corrected chi connectivity index (χ0v) is 7.97. The fourth-order valence-corrected chi connectivity index (χ4v) is 1.60. The molecular formula is C7H16S2. The van der Waals surface area contributed by atoms with Crippen molar-refractivity contribution < 1.29 is 0 Å². The van der Waals surface area contributed by atoms with Crippen molar-refractivity contribution in [3.05, 3.63) is 0 Å². The number of rotatable bonds is 5. The van der Waals surface area contributed by atoms with Crippen LogP contribution in [-0.4, -0.2) is 16.8 Å². The molecule has 0 fully saturated rings. The monoisotopic (exact) mass is 164 g/mol. The lowest BCUT2D eigenvalue weighted by atomic mass is 10.4. The molecule has 0 aliphatic rings. The molecule has 0 nitrogen and oxygen atoms in total. The van der Waals surface area contributed by atoms with Gasteiger partial charge in [-0.25, -0.2) is 0 Å². The van der Waals surface area contributed by atoms with Crippen molar-refractivity contribution in [1.29, 1.82) is 0 Å². The first-order chi connectivity index (χ1) is 4.27. The molecule has 0 unspecified atom stereocenters.